The van der Waals surface area contributed by atoms with E-state index >= 15 is 0 Å². The van der Waals surface area contributed by atoms with Gasteiger partial charge in [-0.25, -0.2) is 0 Å². The molecule has 1 fully saturated rings. The van der Waals surface area contributed by atoms with Gasteiger partial charge in [-0.05, 0) is 32.1 Å². The zero-order valence-electron chi connectivity index (χ0n) is 11.6. The van der Waals surface area contributed by atoms with E-state index in [0.29, 0.717) is 28.9 Å². The average Bonchev–Trinajstić information content (AvgIpc) is 2.65. The summed E-state index contributed by atoms with van der Waals surface area (Å²) < 4.78 is 5.04. The molecule has 0 bridgehead atoms. The molecule has 0 spiro atoms. The third kappa shape index (κ3) is 2.42. The van der Waals surface area contributed by atoms with Crippen molar-refractivity contribution in [3.63, 3.8) is 0 Å². The zero-order chi connectivity index (χ0) is 13.3. The summed E-state index contributed by atoms with van der Waals surface area (Å²) in [5.74, 6) is 1.76. The minimum absolute atomic E-state index is 0.0443. The number of nitrogens with zero attached hydrogens (tertiary/aromatic N) is 1. The van der Waals surface area contributed by atoms with Gasteiger partial charge < -0.3 is 9.84 Å². The molecule has 18 heavy (non-hydrogen) atoms. The van der Waals surface area contributed by atoms with Crippen molar-refractivity contribution in [2.24, 2.45) is 11.8 Å². The quantitative estimate of drug-likeness (QED) is 0.878. The van der Waals surface area contributed by atoms with E-state index in [1.165, 1.54) is 12.8 Å². The first-order chi connectivity index (χ1) is 8.50. The fraction of sp³-hybridized carbons (Fsp3) is 0.714. The molecule has 3 atom stereocenters. The summed E-state index contributed by atoms with van der Waals surface area (Å²) in [6.07, 6.45) is 3.53. The number of nitrogens with one attached hydrogen (secondary N) is 1. The van der Waals surface area contributed by atoms with E-state index in [4.69, 9.17) is 4.52 Å². The van der Waals surface area contributed by atoms with Crippen LogP contribution in [0.2, 0.25) is 0 Å². The van der Waals surface area contributed by atoms with Gasteiger partial charge in [-0.2, -0.15) is 0 Å². The highest BCUT2D eigenvalue weighted by molar-refractivity contribution is 5.96. The Kier molecular flexibility index (Phi) is 3.73. The van der Waals surface area contributed by atoms with Crippen molar-refractivity contribution in [3.05, 3.63) is 17.0 Å². The van der Waals surface area contributed by atoms with Crippen LogP contribution in [0.4, 0.5) is 0 Å². The largest absolute Gasteiger partial charge is 0.361 e. The molecule has 3 unspecified atom stereocenters. The van der Waals surface area contributed by atoms with Crippen molar-refractivity contribution in [2.75, 3.05) is 0 Å². The van der Waals surface area contributed by atoms with Gasteiger partial charge in [0.1, 0.15) is 11.3 Å². The third-order valence-corrected chi connectivity index (χ3v) is 4.28. The summed E-state index contributed by atoms with van der Waals surface area (Å²) >= 11 is 0. The van der Waals surface area contributed by atoms with E-state index in [9.17, 15) is 4.79 Å². The number of amides is 1. The lowest BCUT2D eigenvalue weighted by molar-refractivity contribution is 0.0889. The molecule has 1 heterocycles. The molecule has 1 aliphatic rings. The van der Waals surface area contributed by atoms with Crippen LogP contribution in [0.5, 0.6) is 0 Å². The second-order valence-electron chi connectivity index (χ2n) is 5.55. The van der Waals surface area contributed by atoms with Crippen LogP contribution in [0.3, 0.4) is 0 Å². The second-order valence-corrected chi connectivity index (χ2v) is 5.55. The summed E-state index contributed by atoms with van der Waals surface area (Å²) in [5.41, 5.74) is 1.27. The molecular weight excluding hydrogens is 228 g/mol. The maximum absolute atomic E-state index is 12.3. The van der Waals surface area contributed by atoms with Gasteiger partial charge in [0.25, 0.3) is 5.91 Å². The topological polar surface area (TPSA) is 55.1 Å². The van der Waals surface area contributed by atoms with Gasteiger partial charge in [0, 0.05) is 6.04 Å². The summed E-state index contributed by atoms with van der Waals surface area (Å²) in [4.78, 5) is 12.3. The molecule has 1 aromatic heterocycles. The van der Waals surface area contributed by atoms with Gasteiger partial charge in [0.15, 0.2) is 0 Å². The standard InChI is InChI=1S/C14H22N2O2/c1-8-6-5-7-12(9(8)2)15-14(17)13-10(3)16-18-11(13)4/h8-9,12H,5-7H2,1-4H3,(H,15,17). The molecule has 0 aromatic carbocycles. The smallest absolute Gasteiger partial charge is 0.257 e. The highest BCUT2D eigenvalue weighted by Gasteiger charge is 2.29. The van der Waals surface area contributed by atoms with Crippen LogP contribution in [0, 0.1) is 25.7 Å². The minimum Gasteiger partial charge on any atom is -0.361 e. The Hall–Kier alpha value is -1.32. The normalized spacial score (nSPS) is 28.1. The molecule has 0 saturated heterocycles. The highest BCUT2D eigenvalue weighted by Crippen LogP contribution is 2.29. The first-order valence-electron chi connectivity index (χ1n) is 6.74. The molecule has 4 nitrogen and oxygen atoms in total. The first-order valence-corrected chi connectivity index (χ1v) is 6.74. The number of carbonyl (C=O) groups is 1. The Morgan fingerprint density at radius 2 is 2.06 bits per heavy atom. The van der Waals surface area contributed by atoms with E-state index in [0.717, 1.165) is 6.42 Å². The number of aryl methyl sites for hydroxylation is 2. The molecular formula is C14H22N2O2. The molecule has 1 saturated carbocycles. The van der Waals surface area contributed by atoms with Crippen LogP contribution in [0.1, 0.15) is 54.9 Å². The Balaban J connectivity index is 2.08. The minimum atomic E-state index is -0.0443. The summed E-state index contributed by atoms with van der Waals surface area (Å²) in [6, 6.07) is 0.273. The number of rotatable bonds is 2. The lowest BCUT2D eigenvalue weighted by atomic mass is 9.78. The van der Waals surface area contributed by atoms with Crippen molar-refractivity contribution in [1.82, 2.24) is 10.5 Å². The van der Waals surface area contributed by atoms with Crippen LogP contribution in [-0.4, -0.2) is 17.1 Å². The highest BCUT2D eigenvalue weighted by atomic mass is 16.5. The fourth-order valence-electron chi connectivity index (χ4n) is 2.83. The monoisotopic (exact) mass is 250 g/mol. The number of hydrogen-bond donors (Lipinski definition) is 1. The Bertz CT molecular complexity index is 420. The molecule has 1 N–H and O–H groups in total. The Labute approximate surface area is 108 Å². The molecule has 2 rings (SSSR count). The Morgan fingerprint density at radius 3 is 2.67 bits per heavy atom. The van der Waals surface area contributed by atoms with E-state index in [1.54, 1.807) is 13.8 Å². The molecule has 1 aromatic rings. The lowest BCUT2D eigenvalue weighted by Crippen LogP contribution is -2.43. The predicted molar refractivity (Wildman–Crippen MR) is 69.4 cm³/mol. The second kappa shape index (κ2) is 5.12. The molecule has 0 radical (unpaired) electrons. The number of carbonyl (C=O) groups excluding carboxylic acids is 1. The molecule has 1 amide bonds. The Morgan fingerprint density at radius 1 is 1.33 bits per heavy atom. The summed E-state index contributed by atoms with van der Waals surface area (Å²) in [7, 11) is 0. The van der Waals surface area contributed by atoms with Crippen molar-refractivity contribution in [2.45, 2.75) is 53.0 Å². The van der Waals surface area contributed by atoms with Crippen molar-refractivity contribution in [3.8, 4) is 0 Å². The maximum atomic E-state index is 12.3. The number of hydrogen-bond acceptors (Lipinski definition) is 3. The first kappa shape index (κ1) is 13.1. The van der Waals surface area contributed by atoms with Gasteiger partial charge in [0.05, 0.1) is 5.69 Å². The van der Waals surface area contributed by atoms with Gasteiger partial charge in [-0.1, -0.05) is 31.8 Å². The van der Waals surface area contributed by atoms with Crippen LogP contribution >= 0.6 is 0 Å². The van der Waals surface area contributed by atoms with Crippen LogP contribution in [0.15, 0.2) is 4.52 Å². The predicted octanol–water partition coefficient (Wildman–Crippen LogP) is 2.85. The zero-order valence-corrected chi connectivity index (χ0v) is 11.6. The van der Waals surface area contributed by atoms with E-state index in [1.807, 2.05) is 0 Å². The van der Waals surface area contributed by atoms with Gasteiger partial charge in [-0.15, -0.1) is 0 Å². The molecule has 4 heteroatoms. The lowest BCUT2D eigenvalue weighted by Gasteiger charge is -2.34. The maximum Gasteiger partial charge on any atom is 0.257 e. The average molecular weight is 250 g/mol. The fourth-order valence-corrected chi connectivity index (χ4v) is 2.83. The summed E-state index contributed by atoms with van der Waals surface area (Å²) in [6.45, 7) is 8.07. The summed E-state index contributed by atoms with van der Waals surface area (Å²) in [5, 5.41) is 6.97. The SMILES string of the molecule is Cc1noc(C)c1C(=O)NC1CCCC(C)C1C. The van der Waals surface area contributed by atoms with Gasteiger partial charge in [-0.3, -0.25) is 4.79 Å². The molecule has 100 valence electrons. The van der Waals surface area contributed by atoms with Gasteiger partial charge in [0.2, 0.25) is 0 Å². The van der Waals surface area contributed by atoms with Crippen LogP contribution in [0.25, 0.3) is 0 Å². The van der Waals surface area contributed by atoms with Crippen molar-refractivity contribution >= 4 is 5.91 Å². The van der Waals surface area contributed by atoms with E-state index < -0.39 is 0 Å². The van der Waals surface area contributed by atoms with Crippen LogP contribution in [-0.2, 0) is 0 Å². The third-order valence-electron chi connectivity index (χ3n) is 4.28. The number of aromatic nitrogens is 1. The van der Waals surface area contributed by atoms with E-state index in [2.05, 4.69) is 24.3 Å². The van der Waals surface area contributed by atoms with Crippen molar-refractivity contribution in [1.29, 1.82) is 0 Å². The van der Waals surface area contributed by atoms with Crippen molar-refractivity contribution < 1.29 is 9.32 Å². The molecule has 0 aliphatic heterocycles. The van der Waals surface area contributed by atoms with E-state index in [-0.39, 0.29) is 11.9 Å². The van der Waals surface area contributed by atoms with Gasteiger partial charge >= 0.3 is 0 Å². The van der Waals surface area contributed by atoms with Crippen LogP contribution < -0.4 is 5.32 Å². The molecule has 1 aliphatic carbocycles.